The smallest absolute Gasteiger partial charge is 0.241 e. The summed E-state index contributed by atoms with van der Waals surface area (Å²) in [6.07, 6.45) is 0. The number of hydrogen-bond donors (Lipinski definition) is 1. The lowest BCUT2D eigenvalue weighted by Crippen LogP contribution is -2.28. The van der Waals surface area contributed by atoms with E-state index in [0.717, 1.165) is 5.39 Å². The van der Waals surface area contributed by atoms with Gasteiger partial charge in [0, 0.05) is 34.2 Å². The minimum atomic E-state index is -3.58. The molecule has 4 nitrogen and oxygen atoms in total. The Morgan fingerprint density at radius 1 is 1.10 bits per heavy atom. The molecule has 0 bridgehead atoms. The van der Waals surface area contributed by atoms with Crippen LogP contribution in [0, 0.1) is 0 Å². The highest BCUT2D eigenvalue weighted by molar-refractivity contribution is 7.89. The van der Waals surface area contributed by atoms with Gasteiger partial charge in [-0.1, -0.05) is 43.3 Å². The molecular formula is C14H17NO3S2. The molecule has 0 aliphatic rings. The second-order valence-electron chi connectivity index (χ2n) is 4.31. The maximum Gasteiger partial charge on any atom is 0.241 e. The fourth-order valence-corrected chi connectivity index (χ4v) is 3.95. The number of fused-ring (bicyclic) bond motifs is 1. The van der Waals surface area contributed by atoms with Crippen LogP contribution in [-0.2, 0) is 20.8 Å². The zero-order chi connectivity index (χ0) is 14.6. The van der Waals surface area contributed by atoms with Crippen molar-refractivity contribution in [3.05, 3.63) is 42.5 Å². The van der Waals surface area contributed by atoms with Crippen LogP contribution >= 0.6 is 0 Å². The lowest BCUT2D eigenvalue weighted by molar-refractivity contribution is 0.585. The molecule has 0 aromatic heterocycles. The first-order valence-electron chi connectivity index (χ1n) is 6.37. The van der Waals surface area contributed by atoms with E-state index in [1.807, 2.05) is 31.2 Å². The van der Waals surface area contributed by atoms with Crippen LogP contribution in [0.5, 0.6) is 0 Å². The Kier molecular flexibility index (Phi) is 4.91. The molecule has 2 aromatic carbocycles. The van der Waals surface area contributed by atoms with Crippen molar-refractivity contribution in [2.24, 2.45) is 0 Å². The van der Waals surface area contributed by atoms with E-state index < -0.39 is 20.8 Å². The SMILES string of the molecule is CCS(=O)CCNS(=O)(=O)c1cccc2ccccc12. The monoisotopic (exact) mass is 311 g/mol. The fourth-order valence-electron chi connectivity index (χ4n) is 1.94. The maximum absolute atomic E-state index is 12.3. The number of benzene rings is 2. The van der Waals surface area contributed by atoms with Crippen LogP contribution < -0.4 is 4.72 Å². The standard InChI is InChI=1S/C14H17NO3S2/c1-2-19(16)11-10-15-20(17,18)14-9-5-7-12-6-3-4-8-13(12)14/h3-9,15H,2,10-11H2,1H3. The predicted molar refractivity (Wildman–Crippen MR) is 82.7 cm³/mol. The predicted octanol–water partition coefficient (Wildman–Crippen LogP) is 1.89. The first kappa shape index (κ1) is 15.2. The molecule has 20 heavy (non-hydrogen) atoms. The van der Waals surface area contributed by atoms with E-state index >= 15 is 0 Å². The van der Waals surface area contributed by atoms with Crippen molar-refractivity contribution in [3.63, 3.8) is 0 Å². The summed E-state index contributed by atoms with van der Waals surface area (Å²) in [5.41, 5.74) is 0. The number of rotatable bonds is 6. The second-order valence-corrected chi connectivity index (χ2v) is 7.91. The average molecular weight is 311 g/mol. The van der Waals surface area contributed by atoms with Crippen molar-refractivity contribution < 1.29 is 12.6 Å². The molecule has 0 saturated heterocycles. The summed E-state index contributed by atoms with van der Waals surface area (Å²) in [5.74, 6) is 0.872. The van der Waals surface area contributed by atoms with E-state index in [1.54, 1.807) is 18.2 Å². The van der Waals surface area contributed by atoms with Crippen molar-refractivity contribution in [2.45, 2.75) is 11.8 Å². The minimum Gasteiger partial charge on any atom is -0.260 e. The summed E-state index contributed by atoms with van der Waals surface area (Å²) in [7, 11) is -4.55. The minimum absolute atomic E-state index is 0.187. The van der Waals surface area contributed by atoms with Crippen LogP contribution in [0.4, 0.5) is 0 Å². The number of nitrogens with one attached hydrogen (secondary N) is 1. The molecule has 0 fully saturated rings. The summed E-state index contributed by atoms with van der Waals surface area (Å²) in [6, 6.07) is 12.5. The van der Waals surface area contributed by atoms with Crippen molar-refractivity contribution in [1.29, 1.82) is 0 Å². The largest absolute Gasteiger partial charge is 0.260 e. The molecule has 1 atom stereocenters. The number of sulfonamides is 1. The average Bonchev–Trinajstić information content (AvgIpc) is 2.46. The Balaban J connectivity index is 2.26. The van der Waals surface area contributed by atoms with Crippen molar-refractivity contribution >= 4 is 31.6 Å². The van der Waals surface area contributed by atoms with Crippen LogP contribution in [0.25, 0.3) is 10.8 Å². The zero-order valence-electron chi connectivity index (χ0n) is 11.2. The van der Waals surface area contributed by atoms with Gasteiger partial charge in [0.15, 0.2) is 0 Å². The first-order chi connectivity index (χ1) is 9.54. The van der Waals surface area contributed by atoms with Gasteiger partial charge in [0.25, 0.3) is 0 Å². The molecule has 0 heterocycles. The van der Waals surface area contributed by atoms with Gasteiger partial charge in [-0.2, -0.15) is 0 Å². The summed E-state index contributed by atoms with van der Waals surface area (Å²) in [4.78, 5) is 0.262. The molecule has 2 rings (SSSR count). The van der Waals surface area contributed by atoms with E-state index in [4.69, 9.17) is 0 Å². The van der Waals surface area contributed by atoms with Crippen LogP contribution in [-0.4, -0.2) is 30.7 Å². The molecule has 1 unspecified atom stereocenters. The Labute approximate surface area is 121 Å². The summed E-state index contributed by atoms with van der Waals surface area (Å²) >= 11 is 0. The topological polar surface area (TPSA) is 63.2 Å². The lowest BCUT2D eigenvalue weighted by Gasteiger charge is -2.09. The van der Waals surface area contributed by atoms with Gasteiger partial charge in [0.05, 0.1) is 4.90 Å². The van der Waals surface area contributed by atoms with Gasteiger partial charge in [-0.05, 0) is 11.5 Å². The van der Waals surface area contributed by atoms with Crippen LogP contribution in [0.3, 0.4) is 0 Å². The molecule has 0 aliphatic heterocycles. The van der Waals surface area contributed by atoms with Crippen molar-refractivity contribution in [3.8, 4) is 0 Å². The van der Waals surface area contributed by atoms with Crippen molar-refractivity contribution in [1.82, 2.24) is 4.72 Å². The molecule has 0 spiro atoms. The van der Waals surface area contributed by atoms with E-state index in [0.29, 0.717) is 16.9 Å². The number of hydrogen-bond acceptors (Lipinski definition) is 3. The molecule has 108 valence electrons. The first-order valence-corrected chi connectivity index (χ1v) is 9.34. The highest BCUT2D eigenvalue weighted by atomic mass is 32.2. The van der Waals surface area contributed by atoms with Crippen molar-refractivity contribution in [2.75, 3.05) is 18.1 Å². The summed E-state index contributed by atoms with van der Waals surface area (Å²) in [6.45, 7) is 2.00. The Morgan fingerprint density at radius 2 is 1.80 bits per heavy atom. The van der Waals surface area contributed by atoms with Gasteiger partial charge < -0.3 is 0 Å². The Bertz CT molecular complexity index is 721. The third-order valence-corrected chi connectivity index (χ3v) is 5.81. The lowest BCUT2D eigenvalue weighted by atomic mass is 10.1. The third-order valence-electron chi connectivity index (χ3n) is 2.98. The second kappa shape index (κ2) is 6.47. The molecule has 6 heteroatoms. The molecule has 0 aliphatic carbocycles. The van der Waals surface area contributed by atoms with Gasteiger partial charge in [0.1, 0.15) is 0 Å². The zero-order valence-corrected chi connectivity index (χ0v) is 12.8. The van der Waals surface area contributed by atoms with E-state index in [-0.39, 0.29) is 11.4 Å². The van der Waals surface area contributed by atoms with Crippen LogP contribution in [0.15, 0.2) is 47.4 Å². The quantitative estimate of drug-likeness (QED) is 0.886. The highest BCUT2D eigenvalue weighted by Crippen LogP contribution is 2.22. The maximum atomic E-state index is 12.3. The summed E-state index contributed by atoms with van der Waals surface area (Å²) in [5, 5.41) is 1.58. The summed E-state index contributed by atoms with van der Waals surface area (Å²) < 4.78 is 38.4. The van der Waals surface area contributed by atoms with Gasteiger partial charge in [-0.15, -0.1) is 0 Å². The van der Waals surface area contributed by atoms with Gasteiger partial charge in [-0.3, -0.25) is 4.21 Å². The van der Waals surface area contributed by atoms with E-state index in [1.165, 1.54) is 0 Å². The molecular weight excluding hydrogens is 294 g/mol. The molecule has 0 amide bonds. The molecule has 0 saturated carbocycles. The normalized spacial score (nSPS) is 13.4. The van der Waals surface area contributed by atoms with E-state index in [2.05, 4.69) is 4.72 Å². The Morgan fingerprint density at radius 3 is 2.55 bits per heavy atom. The van der Waals surface area contributed by atoms with Crippen LogP contribution in [0.2, 0.25) is 0 Å². The fraction of sp³-hybridized carbons (Fsp3) is 0.286. The van der Waals surface area contributed by atoms with Gasteiger partial charge in [-0.25, -0.2) is 13.1 Å². The Hall–Kier alpha value is -1.24. The molecule has 0 radical (unpaired) electrons. The van der Waals surface area contributed by atoms with E-state index in [9.17, 15) is 12.6 Å². The highest BCUT2D eigenvalue weighted by Gasteiger charge is 2.16. The van der Waals surface area contributed by atoms with Gasteiger partial charge >= 0.3 is 0 Å². The molecule has 2 aromatic rings. The molecule has 1 N–H and O–H groups in total. The van der Waals surface area contributed by atoms with Gasteiger partial charge in [0.2, 0.25) is 10.0 Å². The third kappa shape index (κ3) is 3.45. The van der Waals surface area contributed by atoms with Crippen LogP contribution in [0.1, 0.15) is 6.92 Å².